The third-order valence-corrected chi connectivity index (χ3v) is 8.24. The molecule has 5 heteroatoms. The number of nitrogens with zero attached hydrogens (tertiary/aromatic N) is 1. The summed E-state index contributed by atoms with van der Waals surface area (Å²) in [5.74, 6) is -0.276. The molecule has 1 fully saturated rings. The molecule has 2 aromatic carbocycles. The Morgan fingerprint density at radius 1 is 0.744 bits per heavy atom. The SMILES string of the molecule is CCCCCCCCCCCCCCCCCCN(C)Cc1cc(C2NC(=O)NC2=O)c2cccc(C)c2c1. The van der Waals surface area contributed by atoms with Crippen molar-refractivity contribution in [1.29, 1.82) is 0 Å². The summed E-state index contributed by atoms with van der Waals surface area (Å²) in [6.07, 6.45) is 22.2. The molecule has 0 spiro atoms. The number of carbonyl (C=O) groups excluding carboxylic acids is 2. The van der Waals surface area contributed by atoms with E-state index in [1.165, 1.54) is 114 Å². The van der Waals surface area contributed by atoms with Gasteiger partial charge in [-0.05, 0) is 60.5 Å². The molecular weight excluding hydrogens is 482 g/mol. The standard InChI is InChI=1S/C34H53N3O2/c1-4-5-6-7-8-9-10-11-12-13-14-15-16-17-18-19-23-37(3)26-28-24-30-27(2)21-20-22-29(30)31(25-28)32-33(38)36-34(39)35-32/h20-22,24-25,32H,4-19,23,26H2,1-3H3,(H2,35,36,38,39). The second-order valence-electron chi connectivity index (χ2n) is 11.8. The van der Waals surface area contributed by atoms with Crippen molar-refractivity contribution in [2.24, 2.45) is 0 Å². The number of hydrogen-bond acceptors (Lipinski definition) is 3. The first kappa shape index (κ1) is 31.1. The number of fused-ring (bicyclic) bond motifs is 1. The number of unbranched alkanes of at least 4 members (excludes halogenated alkanes) is 15. The molecule has 0 saturated carbocycles. The summed E-state index contributed by atoms with van der Waals surface area (Å²) in [5, 5.41) is 7.34. The van der Waals surface area contributed by atoms with E-state index < -0.39 is 12.1 Å². The Morgan fingerprint density at radius 3 is 1.85 bits per heavy atom. The zero-order valence-electron chi connectivity index (χ0n) is 25.0. The van der Waals surface area contributed by atoms with Crippen LogP contribution in [0.4, 0.5) is 4.79 Å². The van der Waals surface area contributed by atoms with Crippen LogP contribution < -0.4 is 10.6 Å². The molecule has 1 aliphatic heterocycles. The number of rotatable bonds is 20. The van der Waals surface area contributed by atoms with E-state index in [1.807, 2.05) is 12.1 Å². The predicted molar refractivity (Wildman–Crippen MR) is 164 cm³/mol. The summed E-state index contributed by atoms with van der Waals surface area (Å²) in [6, 6.07) is 9.44. The van der Waals surface area contributed by atoms with Crippen molar-refractivity contribution >= 4 is 22.7 Å². The summed E-state index contributed by atoms with van der Waals surface area (Å²) in [4.78, 5) is 26.6. The fraction of sp³-hybridized carbons (Fsp3) is 0.647. The molecule has 3 amide bonds. The molecule has 39 heavy (non-hydrogen) atoms. The van der Waals surface area contributed by atoms with Gasteiger partial charge in [0.2, 0.25) is 0 Å². The van der Waals surface area contributed by atoms with Crippen LogP contribution in [0.25, 0.3) is 10.8 Å². The van der Waals surface area contributed by atoms with Crippen LogP contribution in [0.15, 0.2) is 30.3 Å². The molecule has 0 aromatic heterocycles. The van der Waals surface area contributed by atoms with Crippen LogP contribution in [-0.2, 0) is 11.3 Å². The highest BCUT2D eigenvalue weighted by atomic mass is 16.2. The quantitative estimate of drug-likeness (QED) is 0.132. The Balaban J connectivity index is 1.31. The van der Waals surface area contributed by atoms with Gasteiger partial charge in [0.1, 0.15) is 6.04 Å². The second kappa shape index (κ2) is 17.3. The first-order valence-corrected chi connectivity index (χ1v) is 15.8. The summed E-state index contributed by atoms with van der Waals surface area (Å²) in [5.41, 5.74) is 3.24. The maximum absolute atomic E-state index is 12.4. The molecule has 2 aromatic rings. The Bertz CT molecular complexity index is 1030. The van der Waals surface area contributed by atoms with Crippen LogP contribution in [0.5, 0.6) is 0 Å². The van der Waals surface area contributed by atoms with Crippen molar-refractivity contribution in [2.75, 3.05) is 13.6 Å². The van der Waals surface area contributed by atoms with Crippen molar-refractivity contribution in [2.45, 2.75) is 129 Å². The third-order valence-electron chi connectivity index (χ3n) is 8.24. The lowest BCUT2D eigenvalue weighted by molar-refractivity contribution is -0.120. The van der Waals surface area contributed by atoms with Crippen LogP contribution in [0, 0.1) is 6.92 Å². The molecule has 0 aliphatic carbocycles. The number of hydrogen-bond donors (Lipinski definition) is 2. The number of imide groups is 1. The number of aryl methyl sites for hydroxylation is 1. The van der Waals surface area contributed by atoms with Crippen molar-refractivity contribution in [3.05, 3.63) is 47.0 Å². The lowest BCUT2D eigenvalue weighted by atomic mass is 9.93. The van der Waals surface area contributed by atoms with E-state index in [4.69, 9.17) is 0 Å². The minimum absolute atomic E-state index is 0.276. The van der Waals surface area contributed by atoms with Gasteiger partial charge >= 0.3 is 6.03 Å². The molecule has 1 saturated heterocycles. The van der Waals surface area contributed by atoms with Gasteiger partial charge in [-0.2, -0.15) is 0 Å². The Kier molecular flexibility index (Phi) is 13.8. The molecule has 5 nitrogen and oxygen atoms in total. The largest absolute Gasteiger partial charge is 0.322 e. The van der Waals surface area contributed by atoms with Gasteiger partial charge in [-0.15, -0.1) is 0 Å². The fourth-order valence-electron chi connectivity index (χ4n) is 5.91. The Labute approximate surface area is 237 Å². The molecular formula is C34H53N3O2. The van der Waals surface area contributed by atoms with E-state index in [-0.39, 0.29) is 5.91 Å². The minimum Gasteiger partial charge on any atom is -0.322 e. The van der Waals surface area contributed by atoms with Crippen molar-refractivity contribution in [3.63, 3.8) is 0 Å². The highest BCUT2D eigenvalue weighted by Gasteiger charge is 2.32. The zero-order chi connectivity index (χ0) is 27.9. The van der Waals surface area contributed by atoms with Crippen LogP contribution in [0.3, 0.4) is 0 Å². The van der Waals surface area contributed by atoms with E-state index in [0.29, 0.717) is 0 Å². The molecule has 0 radical (unpaired) electrons. The predicted octanol–water partition coefficient (Wildman–Crippen LogP) is 8.72. The molecule has 1 heterocycles. The average Bonchev–Trinajstić information content (AvgIpc) is 3.26. The highest BCUT2D eigenvalue weighted by Crippen LogP contribution is 2.30. The molecule has 1 atom stereocenters. The highest BCUT2D eigenvalue weighted by molar-refractivity contribution is 6.06. The number of benzene rings is 2. The molecule has 2 N–H and O–H groups in total. The maximum atomic E-state index is 12.4. The van der Waals surface area contributed by atoms with Gasteiger partial charge in [-0.3, -0.25) is 10.1 Å². The van der Waals surface area contributed by atoms with Gasteiger partial charge in [0.25, 0.3) is 5.91 Å². The summed E-state index contributed by atoms with van der Waals surface area (Å²) < 4.78 is 0. The summed E-state index contributed by atoms with van der Waals surface area (Å²) in [6.45, 7) is 6.29. The van der Waals surface area contributed by atoms with Crippen molar-refractivity contribution < 1.29 is 9.59 Å². The monoisotopic (exact) mass is 535 g/mol. The zero-order valence-corrected chi connectivity index (χ0v) is 25.0. The van der Waals surface area contributed by atoms with Gasteiger partial charge < -0.3 is 10.2 Å². The molecule has 216 valence electrons. The Hall–Kier alpha value is -2.40. The second-order valence-corrected chi connectivity index (χ2v) is 11.8. The molecule has 0 bridgehead atoms. The normalized spacial score (nSPS) is 15.3. The number of urea groups is 1. The van der Waals surface area contributed by atoms with Gasteiger partial charge in [-0.1, -0.05) is 128 Å². The molecule has 1 unspecified atom stereocenters. The van der Waals surface area contributed by atoms with Gasteiger partial charge in [-0.25, -0.2) is 4.79 Å². The topological polar surface area (TPSA) is 61.4 Å². The third kappa shape index (κ3) is 10.6. The van der Waals surface area contributed by atoms with Crippen LogP contribution in [0.2, 0.25) is 0 Å². The summed E-state index contributed by atoms with van der Waals surface area (Å²) in [7, 11) is 2.18. The van der Waals surface area contributed by atoms with Crippen molar-refractivity contribution in [3.8, 4) is 0 Å². The number of nitrogens with one attached hydrogen (secondary N) is 2. The van der Waals surface area contributed by atoms with Gasteiger partial charge in [0, 0.05) is 6.54 Å². The lowest BCUT2D eigenvalue weighted by Crippen LogP contribution is -2.22. The van der Waals surface area contributed by atoms with E-state index >= 15 is 0 Å². The average molecular weight is 536 g/mol. The van der Waals surface area contributed by atoms with E-state index in [0.717, 1.165) is 29.4 Å². The van der Waals surface area contributed by atoms with Crippen molar-refractivity contribution in [1.82, 2.24) is 15.5 Å². The molecule has 3 rings (SSSR count). The van der Waals surface area contributed by atoms with E-state index in [1.54, 1.807) is 0 Å². The van der Waals surface area contributed by atoms with E-state index in [9.17, 15) is 9.59 Å². The molecule has 1 aliphatic rings. The number of carbonyl (C=O) groups is 2. The Morgan fingerprint density at radius 2 is 1.31 bits per heavy atom. The lowest BCUT2D eigenvalue weighted by Gasteiger charge is -2.20. The smallest absolute Gasteiger partial charge is 0.322 e. The fourth-order valence-corrected chi connectivity index (χ4v) is 5.91. The van der Waals surface area contributed by atoms with Gasteiger partial charge in [0.15, 0.2) is 0 Å². The van der Waals surface area contributed by atoms with Gasteiger partial charge in [0.05, 0.1) is 0 Å². The first-order chi connectivity index (χ1) is 19.0. The van der Waals surface area contributed by atoms with Crippen LogP contribution in [-0.4, -0.2) is 30.4 Å². The first-order valence-electron chi connectivity index (χ1n) is 15.8. The number of amides is 3. The summed E-state index contributed by atoms with van der Waals surface area (Å²) >= 11 is 0. The maximum Gasteiger partial charge on any atom is 0.322 e. The van der Waals surface area contributed by atoms with Crippen LogP contribution in [0.1, 0.15) is 132 Å². The van der Waals surface area contributed by atoms with E-state index in [2.05, 4.69) is 54.6 Å². The van der Waals surface area contributed by atoms with Crippen LogP contribution >= 0.6 is 0 Å². The minimum atomic E-state index is -0.632.